The van der Waals surface area contributed by atoms with E-state index in [4.69, 9.17) is 0 Å². The monoisotopic (exact) mass is 338 g/mol. The second-order valence-corrected chi connectivity index (χ2v) is 7.93. The summed E-state index contributed by atoms with van der Waals surface area (Å²) in [5.41, 5.74) is 0.643. The molecule has 0 saturated carbocycles. The van der Waals surface area contributed by atoms with Crippen LogP contribution in [0.3, 0.4) is 0 Å². The zero-order chi connectivity index (χ0) is 16.7. The summed E-state index contributed by atoms with van der Waals surface area (Å²) in [5, 5.41) is 2.81. The van der Waals surface area contributed by atoms with Crippen LogP contribution in [0.15, 0.2) is 29.2 Å². The highest BCUT2D eigenvalue weighted by atomic mass is 32.2. The molecule has 0 aromatic heterocycles. The van der Waals surface area contributed by atoms with Crippen LogP contribution in [0.2, 0.25) is 0 Å². The number of nitrogens with zero attached hydrogens (tertiary/aromatic N) is 1. The molecule has 0 atom stereocenters. The molecule has 1 heterocycles. The first-order valence-corrected chi connectivity index (χ1v) is 9.88. The summed E-state index contributed by atoms with van der Waals surface area (Å²) in [5.74, 6) is -0.0231. The number of nitrogens with one attached hydrogen (secondary N) is 1. The van der Waals surface area contributed by atoms with Crippen molar-refractivity contribution in [1.29, 1.82) is 0 Å². The molecule has 1 aromatic carbocycles. The third-order valence-corrected chi connectivity index (χ3v) is 6.01. The van der Waals surface area contributed by atoms with E-state index < -0.39 is 10.0 Å². The van der Waals surface area contributed by atoms with Crippen LogP contribution in [0.4, 0.5) is 5.69 Å². The molecule has 1 aromatic rings. The summed E-state index contributed by atoms with van der Waals surface area (Å²) in [6, 6.07) is 6.47. The van der Waals surface area contributed by atoms with E-state index >= 15 is 0 Å². The second kappa shape index (κ2) is 8.45. The summed E-state index contributed by atoms with van der Waals surface area (Å²) in [7, 11) is -3.40. The van der Waals surface area contributed by atoms with E-state index in [0.717, 1.165) is 38.5 Å². The number of rotatable bonds is 7. The molecule has 5 nitrogen and oxygen atoms in total. The van der Waals surface area contributed by atoms with Crippen molar-refractivity contribution in [1.82, 2.24) is 4.31 Å². The van der Waals surface area contributed by atoms with Crippen molar-refractivity contribution < 1.29 is 13.2 Å². The van der Waals surface area contributed by atoms with Crippen molar-refractivity contribution in [3.05, 3.63) is 24.3 Å². The Hall–Kier alpha value is -1.40. The maximum absolute atomic E-state index is 12.5. The first-order valence-electron chi connectivity index (χ1n) is 8.44. The van der Waals surface area contributed by atoms with Gasteiger partial charge in [-0.25, -0.2) is 8.42 Å². The lowest BCUT2D eigenvalue weighted by Gasteiger charge is -2.25. The van der Waals surface area contributed by atoms with Crippen LogP contribution in [0.5, 0.6) is 0 Å². The lowest BCUT2D eigenvalue weighted by atomic mass is 10.2. The van der Waals surface area contributed by atoms with E-state index in [9.17, 15) is 13.2 Å². The Morgan fingerprint density at radius 3 is 2.35 bits per heavy atom. The van der Waals surface area contributed by atoms with Gasteiger partial charge in [0.15, 0.2) is 0 Å². The van der Waals surface area contributed by atoms with Crippen molar-refractivity contribution in [2.45, 2.75) is 56.8 Å². The number of anilines is 1. The SMILES string of the molecule is CCCCCC(=O)Nc1ccc(S(=O)(=O)N2CCCCC2)cc1. The normalized spacial score (nSPS) is 16.2. The molecule has 23 heavy (non-hydrogen) atoms. The first kappa shape index (κ1) is 17.9. The third kappa shape index (κ3) is 5.04. The molecule has 1 N–H and O–H groups in total. The molecule has 2 rings (SSSR count). The maximum atomic E-state index is 12.5. The molecular formula is C17H26N2O3S. The van der Waals surface area contributed by atoms with Crippen molar-refractivity contribution >= 4 is 21.6 Å². The summed E-state index contributed by atoms with van der Waals surface area (Å²) in [6.45, 7) is 3.29. The van der Waals surface area contributed by atoms with Gasteiger partial charge in [-0.3, -0.25) is 4.79 Å². The minimum atomic E-state index is -3.40. The summed E-state index contributed by atoms with van der Waals surface area (Å²) in [4.78, 5) is 12.1. The Labute approximate surface area is 139 Å². The van der Waals surface area contributed by atoms with Gasteiger partial charge in [0.05, 0.1) is 4.90 Å². The zero-order valence-corrected chi connectivity index (χ0v) is 14.6. The third-order valence-electron chi connectivity index (χ3n) is 4.10. The highest BCUT2D eigenvalue weighted by molar-refractivity contribution is 7.89. The van der Waals surface area contributed by atoms with Crippen LogP contribution in [0.25, 0.3) is 0 Å². The molecule has 1 amide bonds. The molecule has 1 aliphatic heterocycles. The number of unbranched alkanes of at least 4 members (excludes halogenated alkanes) is 2. The highest BCUT2D eigenvalue weighted by Crippen LogP contribution is 2.22. The molecule has 0 spiro atoms. The Bertz CT molecular complexity index is 605. The van der Waals surface area contributed by atoms with Gasteiger partial charge >= 0.3 is 0 Å². The van der Waals surface area contributed by atoms with Gasteiger partial charge in [-0.1, -0.05) is 26.2 Å². The van der Waals surface area contributed by atoms with Crippen LogP contribution in [-0.4, -0.2) is 31.7 Å². The zero-order valence-electron chi connectivity index (χ0n) is 13.8. The second-order valence-electron chi connectivity index (χ2n) is 5.99. The molecular weight excluding hydrogens is 312 g/mol. The van der Waals surface area contributed by atoms with Crippen molar-refractivity contribution in [3.8, 4) is 0 Å². The van der Waals surface area contributed by atoms with E-state index in [1.165, 1.54) is 0 Å². The minimum absolute atomic E-state index is 0.0231. The predicted octanol–water partition coefficient (Wildman–Crippen LogP) is 3.38. The quantitative estimate of drug-likeness (QED) is 0.775. The molecule has 0 aliphatic carbocycles. The number of sulfonamides is 1. The molecule has 0 radical (unpaired) electrons. The van der Waals surface area contributed by atoms with Crippen molar-refractivity contribution in [2.75, 3.05) is 18.4 Å². The fourth-order valence-electron chi connectivity index (χ4n) is 2.72. The number of carbonyl (C=O) groups excluding carboxylic acids is 1. The maximum Gasteiger partial charge on any atom is 0.243 e. The standard InChI is InChI=1S/C17H26N2O3S/c1-2-3-5-8-17(20)18-15-9-11-16(12-10-15)23(21,22)19-13-6-4-7-14-19/h9-12H,2-8,13-14H2,1H3,(H,18,20). The lowest BCUT2D eigenvalue weighted by molar-refractivity contribution is -0.116. The largest absolute Gasteiger partial charge is 0.326 e. The Morgan fingerprint density at radius 2 is 1.74 bits per heavy atom. The average molecular weight is 338 g/mol. The van der Waals surface area contributed by atoms with Gasteiger partial charge in [-0.15, -0.1) is 0 Å². The Kier molecular flexibility index (Phi) is 6.59. The highest BCUT2D eigenvalue weighted by Gasteiger charge is 2.25. The fraction of sp³-hybridized carbons (Fsp3) is 0.588. The lowest BCUT2D eigenvalue weighted by Crippen LogP contribution is -2.35. The van der Waals surface area contributed by atoms with Crippen LogP contribution >= 0.6 is 0 Å². The topological polar surface area (TPSA) is 66.5 Å². The van der Waals surface area contributed by atoms with E-state index in [0.29, 0.717) is 30.1 Å². The summed E-state index contributed by atoms with van der Waals surface area (Å²) in [6.07, 6.45) is 6.44. The van der Waals surface area contributed by atoms with Gasteiger partial charge in [-0.2, -0.15) is 4.31 Å². The van der Waals surface area contributed by atoms with Gasteiger partial charge in [0.25, 0.3) is 0 Å². The van der Waals surface area contributed by atoms with Crippen LogP contribution < -0.4 is 5.32 Å². The van der Waals surface area contributed by atoms with Gasteiger partial charge in [0, 0.05) is 25.2 Å². The van der Waals surface area contributed by atoms with E-state index in [2.05, 4.69) is 12.2 Å². The molecule has 0 unspecified atom stereocenters. The van der Waals surface area contributed by atoms with E-state index in [-0.39, 0.29) is 5.91 Å². The number of piperidine rings is 1. The van der Waals surface area contributed by atoms with Crippen LogP contribution in [0.1, 0.15) is 51.9 Å². The van der Waals surface area contributed by atoms with E-state index in [1.54, 1.807) is 28.6 Å². The van der Waals surface area contributed by atoms with Crippen molar-refractivity contribution in [2.24, 2.45) is 0 Å². The van der Waals surface area contributed by atoms with E-state index in [1.807, 2.05) is 0 Å². The number of benzene rings is 1. The summed E-state index contributed by atoms with van der Waals surface area (Å²) >= 11 is 0. The Balaban J connectivity index is 1.97. The molecule has 128 valence electrons. The average Bonchev–Trinajstić information content (AvgIpc) is 2.56. The van der Waals surface area contributed by atoms with Gasteiger partial charge in [-0.05, 0) is 43.5 Å². The number of amides is 1. The number of hydrogen-bond donors (Lipinski definition) is 1. The Morgan fingerprint density at radius 1 is 1.09 bits per heavy atom. The molecule has 0 bridgehead atoms. The molecule has 1 aliphatic rings. The van der Waals surface area contributed by atoms with Gasteiger partial charge in [0.1, 0.15) is 0 Å². The van der Waals surface area contributed by atoms with Crippen LogP contribution in [-0.2, 0) is 14.8 Å². The fourth-order valence-corrected chi connectivity index (χ4v) is 4.24. The molecule has 1 saturated heterocycles. The number of hydrogen-bond acceptors (Lipinski definition) is 3. The first-order chi connectivity index (χ1) is 11.0. The molecule has 6 heteroatoms. The van der Waals surface area contributed by atoms with Crippen molar-refractivity contribution in [3.63, 3.8) is 0 Å². The summed E-state index contributed by atoms with van der Waals surface area (Å²) < 4.78 is 26.6. The van der Waals surface area contributed by atoms with Gasteiger partial charge in [0.2, 0.25) is 15.9 Å². The molecule has 1 fully saturated rings. The smallest absolute Gasteiger partial charge is 0.243 e. The minimum Gasteiger partial charge on any atom is -0.326 e. The van der Waals surface area contributed by atoms with Gasteiger partial charge < -0.3 is 5.32 Å². The predicted molar refractivity (Wildman–Crippen MR) is 91.8 cm³/mol. The van der Waals surface area contributed by atoms with Crippen LogP contribution in [0, 0.1) is 0 Å². The number of carbonyl (C=O) groups is 1.